The Balaban J connectivity index is 1.48. The normalized spacial score (nSPS) is 27.0. The highest BCUT2D eigenvalue weighted by Crippen LogP contribution is 2.54. The first-order chi connectivity index (χ1) is 20.3. The molecule has 10 heteroatoms. The van der Waals surface area contributed by atoms with E-state index in [4.69, 9.17) is 5.73 Å². The van der Waals surface area contributed by atoms with Crippen molar-refractivity contribution in [1.82, 2.24) is 9.80 Å². The van der Waals surface area contributed by atoms with E-state index in [1.54, 1.807) is 14.1 Å². The maximum Gasteiger partial charge on any atom is 0.255 e. The van der Waals surface area contributed by atoms with Crippen molar-refractivity contribution in [3.05, 3.63) is 80.6 Å². The molecule has 4 atom stereocenters. The van der Waals surface area contributed by atoms with Gasteiger partial charge in [0.1, 0.15) is 22.8 Å². The molecule has 1 heterocycles. The lowest BCUT2D eigenvalue weighted by Crippen LogP contribution is -2.65. The van der Waals surface area contributed by atoms with Gasteiger partial charge in [0.05, 0.1) is 11.6 Å². The lowest BCUT2D eigenvalue weighted by atomic mass is 9.57. The van der Waals surface area contributed by atoms with Crippen LogP contribution < -0.4 is 5.73 Å². The molecule has 3 aliphatic carbocycles. The molecule has 0 bridgehead atoms. The first kappa shape index (κ1) is 29.1. The number of ketones is 2. The first-order valence-electron chi connectivity index (χ1n) is 14.6. The predicted molar refractivity (Wildman–Crippen MR) is 158 cm³/mol. The molecule has 2 aromatic carbocycles. The monoisotopic (exact) mass is 587 g/mol. The average molecular weight is 588 g/mol. The summed E-state index contributed by atoms with van der Waals surface area (Å²) in [6.07, 6.45) is 0.350. The summed E-state index contributed by atoms with van der Waals surface area (Å²) < 4.78 is 0. The van der Waals surface area contributed by atoms with E-state index >= 15 is 0 Å². The van der Waals surface area contributed by atoms with Crippen LogP contribution in [0.3, 0.4) is 0 Å². The van der Waals surface area contributed by atoms with E-state index in [-0.39, 0.29) is 35.6 Å². The zero-order chi connectivity index (χ0) is 31.1. The fourth-order valence-corrected chi connectivity index (χ4v) is 7.79. The van der Waals surface area contributed by atoms with Crippen molar-refractivity contribution < 1.29 is 34.8 Å². The number of carbonyl (C=O) groups is 3. The van der Waals surface area contributed by atoms with Crippen LogP contribution in [0, 0.1) is 11.8 Å². The molecular formula is C33H37N3O7. The van der Waals surface area contributed by atoms with Gasteiger partial charge in [0, 0.05) is 36.7 Å². The third kappa shape index (κ3) is 4.15. The summed E-state index contributed by atoms with van der Waals surface area (Å²) in [5, 5.41) is 46.3. The minimum absolute atomic E-state index is 0.0327. The van der Waals surface area contributed by atoms with Crippen molar-refractivity contribution in [2.75, 3.05) is 14.1 Å². The van der Waals surface area contributed by atoms with Crippen molar-refractivity contribution in [3.63, 3.8) is 0 Å². The largest absolute Gasteiger partial charge is 0.508 e. The Morgan fingerprint density at radius 1 is 1.12 bits per heavy atom. The zero-order valence-electron chi connectivity index (χ0n) is 24.7. The molecule has 1 aliphatic heterocycles. The Labute approximate surface area is 249 Å². The van der Waals surface area contributed by atoms with Gasteiger partial charge in [0.2, 0.25) is 5.78 Å². The molecule has 4 aliphatic rings. The van der Waals surface area contributed by atoms with Crippen LogP contribution in [0.5, 0.6) is 5.75 Å². The van der Waals surface area contributed by atoms with E-state index in [2.05, 4.69) is 17.0 Å². The first-order valence-corrected chi connectivity index (χ1v) is 14.6. The maximum absolute atomic E-state index is 14.2. The van der Waals surface area contributed by atoms with Gasteiger partial charge in [0.25, 0.3) is 5.91 Å². The van der Waals surface area contributed by atoms with Crippen molar-refractivity contribution in [1.29, 1.82) is 0 Å². The second-order valence-corrected chi connectivity index (χ2v) is 12.9. The van der Waals surface area contributed by atoms with Gasteiger partial charge in [-0.15, -0.1) is 0 Å². The van der Waals surface area contributed by atoms with E-state index in [1.165, 1.54) is 16.0 Å². The van der Waals surface area contributed by atoms with Gasteiger partial charge in [0.15, 0.2) is 11.4 Å². The molecule has 43 heavy (non-hydrogen) atoms. The number of benzene rings is 2. The van der Waals surface area contributed by atoms with Crippen molar-refractivity contribution in [2.45, 2.75) is 63.9 Å². The number of hydrogen-bond donors (Lipinski definition) is 5. The quantitative estimate of drug-likeness (QED) is 0.331. The number of carbonyl (C=O) groups excluding carboxylic acids is 3. The molecule has 2 aromatic rings. The van der Waals surface area contributed by atoms with Gasteiger partial charge in [-0.1, -0.05) is 44.2 Å². The smallest absolute Gasteiger partial charge is 0.255 e. The van der Waals surface area contributed by atoms with E-state index in [0.717, 1.165) is 5.56 Å². The number of hydrogen-bond acceptors (Lipinski definition) is 9. The molecule has 0 spiro atoms. The predicted octanol–water partition coefficient (Wildman–Crippen LogP) is 2.60. The summed E-state index contributed by atoms with van der Waals surface area (Å²) in [6.45, 7) is 5.90. The number of phenolic OH excluding ortho intramolecular Hbond substituents is 1. The van der Waals surface area contributed by atoms with Gasteiger partial charge in [-0.2, -0.15) is 0 Å². The number of likely N-dealkylation sites (N-methyl/N-ethyl adjacent to an activating group) is 1. The lowest BCUT2D eigenvalue weighted by Gasteiger charge is -2.50. The third-order valence-electron chi connectivity index (χ3n) is 9.76. The van der Waals surface area contributed by atoms with Crippen LogP contribution in [0.1, 0.15) is 59.6 Å². The average Bonchev–Trinajstić information content (AvgIpc) is 3.34. The SMILES string of the molecule is CC(C)c1cc(CN2Cc3ccccc3C2)c(O)c2c1C[C@H]1C[C@H]3[C@H](N(C)C)C(=O)C(C(N)=O)=C(O)[C@@]3(O)C(=O)C1=C2O. The van der Waals surface area contributed by atoms with E-state index < -0.39 is 58.0 Å². The number of aromatic hydroxyl groups is 1. The fraction of sp³-hybridized carbons (Fsp3) is 0.424. The van der Waals surface area contributed by atoms with Gasteiger partial charge >= 0.3 is 0 Å². The Morgan fingerprint density at radius 2 is 1.74 bits per heavy atom. The van der Waals surface area contributed by atoms with Crippen LogP contribution in [-0.2, 0) is 40.4 Å². The van der Waals surface area contributed by atoms with Gasteiger partial charge < -0.3 is 26.2 Å². The van der Waals surface area contributed by atoms with E-state index in [0.29, 0.717) is 30.8 Å². The molecule has 226 valence electrons. The summed E-state index contributed by atoms with van der Waals surface area (Å²) >= 11 is 0. The Hall–Kier alpha value is -3.99. The van der Waals surface area contributed by atoms with Crippen LogP contribution in [0.25, 0.3) is 5.76 Å². The van der Waals surface area contributed by atoms with E-state index in [1.807, 2.05) is 32.0 Å². The summed E-state index contributed by atoms with van der Waals surface area (Å²) in [5.41, 5.74) is 6.65. The van der Waals surface area contributed by atoms with Crippen LogP contribution in [0.4, 0.5) is 0 Å². The topological polar surface area (TPSA) is 165 Å². The number of amides is 1. The van der Waals surface area contributed by atoms with Gasteiger partial charge in [-0.05, 0) is 61.0 Å². The summed E-state index contributed by atoms with van der Waals surface area (Å²) in [5.74, 6) is -6.36. The Bertz CT molecular complexity index is 1630. The number of fused-ring (bicyclic) bond motifs is 4. The highest BCUT2D eigenvalue weighted by molar-refractivity contribution is 6.24. The summed E-state index contributed by atoms with van der Waals surface area (Å²) in [7, 11) is 3.17. The number of nitrogens with two attached hydrogens (primary N) is 1. The van der Waals surface area contributed by atoms with Crippen molar-refractivity contribution >= 4 is 23.2 Å². The van der Waals surface area contributed by atoms with E-state index in [9.17, 15) is 34.8 Å². The molecule has 0 aromatic heterocycles. The number of Topliss-reactive ketones (excluding diaryl/α,β-unsaturated/α-hetero) is 2. The van der Waals surface area contributed by atoms with Crippen molar-refractivity contribution in [2.24, 2.45) is 17.6 Å². The Kier molecular flexibility index (Phi) is 6.79. The van der Waals surface area contributed by atoms with Crippen LogP contribution in [0.2, 0.25) is 0 Å². The number of rotatable bonds is 5. The lowest BCUT2D eigenvalue weighted by molar-refractivity contribution is -0.153. The minimum atomic E-state index is -2.65. The van der Waals surface area contributed by atoms with Crippen LogP contribution in [-0.4, -0.2) is 73.4 Å². The second kappa shape index (κ2) is 10.0. The maximum atomic E-state index is 14.2. The molecule has 6 rings (SSSR count). The molecule has 1 amide bonds. The molecule has 0 saturated heterocycles. The number of aliphatic hydroxyl groups is 3. The molecule has 10 nitrogen and oxygen atoms in total. The fourth-order valence-electron chi connectivity index (χ4n) is 7.79. The van der Waals surface area contributed by atoms with Gasteiger partial charge in [-0.3, -0.25) is 24.2 Å². The molecule has 0 radical (unpaired) electrons. The number of nitrogens with zero attached hydrogens (tertiary/aromatic N) is 2. The molecule has 6 N–H and O–H groups in total. The zero-order valence-corrected chi connectivity index (χ0v) is 24.7. The number of primary amides is 1. The highest BCUT2D eigenvalue weighted by atomic mass is 16.3. The molecular weight excluding hydrogens is 550 g/mol. The minimum Gasteiger partial charge on any atom is -0.508 e. The van der Waals surface area contributed by atoms with Crippen molar-refractivity contribution in [3.8, 4) is 5.75 Å². The van der Waals surface area contributed by atoms with Crippen LogP contribution >= 0.6 is 0 Å². The van der Waals surface area contributed by atoms with Gasteiger partial charge in [-0.25, -0.2) is 0 Å². The number of aliphatic hydroxyl groups excluding tert-OH is 2. The second-order valence-electron chi connectivity index (χ2n) is 12.9. The number of phenols is 1. The third-order valence-corrected chi connectivity index (χ3v) is 9.76. The summed E-state index contributed by atoms with van der Waals surface area (Å²) in [4.78, 5) is 43.4. The molecule has 1 fully saturated rings. The Morgan fingerprint density at radius 3 is 2.30 bits per heavy atom. The highest BCUT2D eigenvalue weighted by Gasteiger charge is 2.64. The summed E-state index contributed by atoms with van der Waals surface area (Å²) in [6, 6.07) is 9.02. The molecule has 0 unspecified atom stereocenters. The van der Waals surface area contributed by atoms with Crippen LogP contribution in [0.15, 0.2) is 47.2 Å². The standard InChI is InChI=1S/C33H37N3O7/c1-15(2)20-10-19(14-36-12-16-7-5-6-8-17(16)13-36)27(37)24-21(20)9-18-11-22-26(35(3)4)29(39)25(32(34)42)31(41)33(22,43)30(40)23(18)28(24)38/h5-8,10,15,18,22,26,37-38,41,43H,9,11-14H2,1-4H3,(H2,34,42)/t18-,22-,26-,33-/m0/s1. The molecule has 1 saturated carbocycles.